The first-order valence-electron chi connectivity index (χ1n) is 41.4. The Balaban J connectivity index is 0.000000385. The lowest BCUT2D eigenvalue weighted by Gasteiger charge is -2.37. The molecule has 26 nitrogen and oxygen atoms in total. The molecule has 8 aromatic heterocycles. The van der Waals surface area contributed by atoms with E-state index in [0.29, 0.717) is 200 Å². The predicted molar refractivity (Wildman–Crippen MR) is 541 cm³/mol. The van der Waals surface area contributed by atoms with E-state index >= 15 is 0 Å². The molecular formula is C89H120Br5Cl8N9O17Si3. The van der Waals surface area contributed by atoms with Crippen LogP contribution in [0.4, 0.5) is 0 Å². The van der Waals surface area contributed by atoms with E-state index in [1.165, 1.54) is 0 Å². The van der Waals surface area contributed by atoms with Gasteiger partial charge in [0.2, 0.25) is 5.88 Å². The molecule has 0 radical (unpaired) electrons. The lowest BCUT2D eigenvalue weighted by Crippen LogP contribution is -2.41. The molecule has 4 aliphatic heterocycles. The molecule has 0 atom stereocenters. The van der Waals surface area contributed by atoms with Crippen molar-refractivity contribution in [1.82, 2.24) is 44.8 Å². The Morgan fingerprint density at radius 1 is 0.405 bits per heavy atom. The van der Waals surface area contributed by atoms with E-state index in [-0.39, 0.29) is 45.5 Å². The lowest BCUT2D eigenvalue weighted by atomic mass is 9.85. The third kappa shape index (κ3) is 43.5. The maximum Gasteiger partial charge on any atom is 0.373 e. The summed E-state index contributed by atoms with van der Waals surface area (Å²) in [4.78, 5) is 71.5. The quantitative estimate of drug-likeness (QED) is 0.0303. The number of ketones is 1. The molecule has 4 saturated heterocycles. The number of hydrogen-bond donors (Lipinski definition) is 5. The molecule has 4 aliphatic rings. The van der Waals surface area contributed by atoms with Gasteiger partial charge < -0.3 is 67.4 Å². The number of aromatic nitrogens is 8. The summed E-state index contributed by atoms with van der Waals surface area (Å²) >= 11 is 62.8. The molecule has 0 amide bonds. The standard InChI is InChI=1S/C17H28ClNO3Si.C13H19ClN2O2.2C12H19BrClNOSi.C11H14ClNO3.C6H3BrClNO2.C6H5BrClNO.C6H5BrClN.C5H8O2.CO2/c1-16(2,3)23(4,5)22-12-14-13(6-7-15(18)19-14)17(20)8-10-21-11-9-17;1-16(2)9-11-10(3-4-12(14)15-11)13(17)5-7-18-8-6-13;2*1-12(2,3)17(4,5)16-8-10-9(13)6-7-11(14)15-10;12-10-2-1-8(9(7-14)13-10)11(15)3-5-16-6-4-11;7-4-1-2-5(8)9-6(4)11-3-10;7-4-1-2-6(8)9-5(4)3-10;1-4-5(7)2-3-6(8)9-4;6-5-1-3-7-4-2-5;2-1-3/h6-7,20H,8-12H2,1-5H3;3-4,17H,5-9H2,1-2H3;2*6-7H,8H2,1-5H3;1-2,14-15H,3-7H2;1-3H;1-2,10H,3H2;2-3H,1H3;1-4H2;. The maximum atomic E-state index is 11.0. The largest absolute Gasteiger partial charge is 0.411 e. The number of carbonyl (C=O) groups is 2. The highest BCUT2D eigenvalue weighted by molar-refractivity contribution is 9.11. The Hall–Kier alpha value is -3.43. The van der Waals surface area contributed by atoms with Gasteiger partial charge >= 0.3 is 6.15 Å². The van der Waals surface area contributed by atoms with E-state index in [9.17, 15) is 30.0 Å². The molecule has 0 aliphatic carbocycles. The second kappa shape index (κ2) is 58.6. The van der Waals surface area contributed by atoms with Crippen LogP contribution < -0.4 is 4.74 Å². The minimum absolute atomic E-state index is 0.0961. The van der Waals surface area contributed by atoms with Gasteiger partial charge in [-0.25, -0.2) is 39.9 Å². The first-order chi connectivity index (χ1) is 61.0. The second-order valence-corrected chi connectivity index (χ2v) is 56.6. The van der Waals surface area contributed by atoms with Crippen LogP contribution in [-0.2, 0) is 108 Å². The summed E-state index contributed by atoms with van der Waals surface area (Å²) in [5.74, 6) is 0.513. The summed E-state index contributed by atoms with van der Waals surface area (Å²) in [5.41, 5.74) is 4.91. The van der Waals surface area contributed by atoms with Crippen LogP contribution in [0.2, 0.25) is 95.6 Å². The maximum absolute atomic E-state index is 11.0. The fraction of sp³-hybridized carbons (Fsp3) is 0.517. The van der Waals surface area contributed by atoms with Crippen LogP contribution in [0.1, 0.15) is 170 Å². The normalized spacial score (nSPS) is 15.2. The molecule has 0 saturated carbocycles. The van der Waals surface area contributed by atoms with Crippen LogP contribution in [0.25, 0.3) is 0 Å². The van der Waals surface area contributed by atoms with Crippen LogP contribution in [0, 0.1) is 6.92 Å². The monoisotopic (exact) mass is 2350 g/mol. The third-order valence-corrected chi connectivity index (χ3v) is 40.5. The smallest absolute Gasteiger partial charge is 0.373 e. The Kier molecular flexibility index (Phi) is 54.4. The Morgan fingerprint density at radius 3 is 0.962 bits per heavy atom. The zero-order valence-electron chi connectivity index (χ0n) is 76.9. The predicted octanol–water partition coefficient (Wildman–Crippen LogP) is 23.9. The van der Waals surface area contributed by atoms with Gasteiger partial charge in [-0.1, -0.05) is 173 Å². The minimum atomic E-state index is -1.89. The van der Waals surface area contributed by atoms with Gasteiger partial charge in [-0.05, 0) is 234 Å². The molecule has 726 valence electrons. The van der Waals surface area contributed by atoms with E-state index in [0.717, 1.165) is 57.5 Å². The number of nitrogens with zero attached hydrogens (tertiary/aromatic N) is 9. The van der Waals surface area contributed by atoms with E-state index in [1.54, 1.807) is 66.7 Å². The second-order valence-electron chi connectivity index (χ2n) is 34.8. The number of rotatable bonds is 18. The molecule has 42 heteroatoms. The van der Waals surface area contributed by atoms with Crippen LogP contribution in [-0.4, -0.2) is 181 Å². The number of aliphatic hydroxyl groups is 5. The first kappa shape index (κ1) is 122. The Labute approximate surface area is 855 Å². The van der Waals surface area contributed by atoms with Crippen LogP contribution in [0.5, 0.6) is 5.88 Å². The van der Waals surface area contributed by atoms with E-state index in [4.69, 9.17) is 140 Å². The lowest BCUT2D eigenvalue weighted by molar-refractivity contribution is -0.191. The van der Waals surface area contributed by atoms with Crippen molar-refractivity contribution in [2.45, 2.75) is 231 Å². The van der Waals surface area contributed by atoms with Crippen molar-refractivity contribution < 1.29 is 81.7 Å². The number of halogens is 13. The SMILES string of the molecule is CC(C)(C)[Si](C)(C)OCc1nc(Cl)ccc1Br.CC(C)(C)[Si](C)(C)OCc1nc(Cl)ccc1Br.CC(C)(C)[Si](C)(C)OCc1nc(Cl)ccc1C1(O)CCOCC1.CN(C)Cc1nc(Cl)ccc1C1(O)CCOCC1.Cc1nc(Cl)ccc1Br.O=C1CCOCC1.O=C=O.O=COc1nc(Cl)ccc1Br.OCc1nc(Cl)ccc1Br.OCc1nc(Cl)ccc1C1(O)CCOCC1. The molecule has 0 unspecified atom stereocenters. The van der Waals surface area contributed by atoms with Gasteiger partial charge in [-0.15, -0.1) is 0 Å². The van der Waals surface area contributed by atoms with Crippen molar-refractivity contribution in [3.8, 4) is 5.88 Å². The summed E-state index contributed by atoms with van der Waals surface area (Å²) < 4.78 is 48.1. The fourth-order valence-corrected chi connectivity index (χ4v) is 16.7. The number of pyridine rings is 8. The molecule has 12 heterocycles. The van der Waals surface area contributed by atoms with Crippen LogP contribution in [0.15, 0.2) is 119 Å². The number of Topliss-reactive ketones (excluding diaryl/α,β-unsaturated/α-hetero) is 1. The summed E-state index contributed by atoms with van der Waals surface area (Å²) in [7, 11) is -1.41. The number of ether oxygens (including phenoxy) is 5. The third-order valence-electron chi connectivity index (χ3n) is 21.8. The summed E-state index contributed by atoms with van der Waals surface area (Å²) in [5, 5.41) is 54.1. The van der Waals surface area contributed by atoms with Crippen molar-refractivity contribution in [3.63, 3.8) is 0 Å². The first-order valence-corrected chi connectivity index (χ1v) is 57.1. The summed E-state index contributed by atoms with van der Waals surface area (Å²) in [6.45, 7) is 41.8. The molecule has 0 spiro atoms. The fourth-order valence-electron chi connectivity index (χ4n) is 11.0. The molecule has 0 aromatic carbocycles. The molecule has 5 N–H and O–H groups in total. The van der Waals surface area contributed by atoms with Crippen LogP contribution in [0.3, 0.4) is 0 Å². The van der Waals surface area contributed by atoms with Gasteiger partial charge in [0, 0.05) is 132 Å². The highest BCUT2D eigenvalue weighted by Gasteiger charge is 2.42. The highest BCUT2D eigenvalue weighted by Crippen LogP contribution is 2.43. The molecule has 12 rings (SSSR count). The zero-order chi connectivity index (χ0) is 99.1. The number of hydrogen-bond acceptors (Lipinski definition) is 26. The molecular weight excluding hydrogens is 2230 g/mol. The van der Waals surface area contributed by atoms with E-state index in [1.807, 2.05) is 56.3 Å². The van der Waals surface area contributed by atoms with Gasteiger partial charge in [0.25, 0.3) is 6.47 Å². The summed E-state index contributed by atoms with van der Waals surface area (Å²) in [6, 6.07) is 28.2. The van der Waals surface area contributed by atoms with Crippen molar-refractivity contribution in [3.05, 3.63) is 217 Å². The number of aryl methyl sites for hydroxylation is 1. The Morgan fingerprint density at radius 2 is 0.664 bits per heavy atom. The highest BCUT2D eigenvalue weighted by atomic mass is 79.9. The van der Waals surface area contributed by atoms with Gasteiger partial charge in [0.1, 0.15) is 47.0 Å². The average Bonchev–Trinajstić information content (AvgIpc) is 0.800. The van der Waals surface area contributed by atoms with Crippen molar-refractivity contribution in [2.75, 3.05) is 67.0 Å². The molecule has 4 fully saturated rings. The van der Waals surface area contributed by atoms with Crippen molar-refractivity contribution in [2.24, 2.45) is 0 Å². The minimum Gasteiger partial charge on any atom is -0.411 e. The van der Waals surface area contributed by atoms with Gasteiger partial charge in [0.05, 0.1) is 107 Å². The molecule has 131 heavy (non-hydrogen) atoms. The number of aliphatic hydroxyl groups excluding tert-OH is 2. The van der Waals surface area contributed by atoms with Crippen molar-refractivity contribution in [1.29, 1.82) is 0 Å². The molecule has 8 aromatic rings. The zero-order valence-corrected chi connectivity index (χ0v) is 93.9. The average molecular weight is 2360 g/mol. The van der Waals surface area contributed by atoms with Crippen LogP contribution >= 0.6 is 172 Å². The Bertz CT molecular complexity index is 4830. The molecule has 0 bridgehead atoms. The van der Waals surface area contributed by atoms with Gasteiger partial charge in [0.15, 0.2) is 25.0 Å². The number of carbonyl (C=O) groups excluding carboxylic acids is 4. The van der Waals surface area contributed by atoms with Gasteiger partial charge in [-0.3, -0.25) is 9.59 Å². The van der Waals surface area contributed by atoms with Gasteiger partial charge in [-0.2, -0.15) is 9.59 Å². The topological polar surface area (TPSA) is 350 Å². The van der Waals surface area contributed by atoms with E-state index in [2.05, 4.69) is 226 Å². The summed E-state index contributed by atoms with van der Waals surface area (Å²) in [6.07, 6.45) is 4.90. The van der Waals surface area contributed by atoms with Crippen molar-refractivity contribution >= 4 is 216 Å². The van der Waals surface area contributed by atoms with E-state index < -0.39 is 41.8 Å².